The first-order chi connectivity index (χ1) is 9.18. The van der Waals surface area contributed by atoms with Crippen molar-refractivity contribution in [2.24, 2.45) is 7.05 Å². The Bertz CT molecular complexity index is 766. The maximum absolute atomic E-state index is 4.47. The third kappa shape index (κ3) is 2.12. The van der Waals surface area contributed by atoms with E-state index in [-0.39, 0.29) is 0 Å². The Labute approximate surface area is 126 Å². The fraction of sp³-hybridized carbons (Fsp3) is 0.125. The van der Waals surface area contributed by atoms with Gasteiger partial charge >= 0.3 is 0 Å². The van der Waals surface area contributed by atoms with Gasteiger partial charge in [-0.1, -0.05) is 28.9 Å². The normalized spacial score (nSPS) is 10.9. The van der Waals surface area contributed by atoms with Crippen LogP contribution in [0.5, 0.6) is 0 Å². The molecule has 0 N–H and O–H groups in total. The molecule has 0 radical (unpaired) electrons. The zero-order valence-corrected chi connectivity index (χ0v) is 13.0. The van der Waals surface area contributed by atoms with Crippen molar-refractivity contribution < 1.29 is 4.68 Å². The Morgan fingerprint density at radius 2 is 1.84 bits per heavy atom. The van der Waals surface area contributed by atoms with E-state index in [1.54, 1.807) is 0 Å². The minimum Gasteiger partial charge on any atom is -0.0858 e. The molecule has 3 aromatic rings. The first-order valence-electron chi connectivity index (χ1n) is 6.18. The van der Waals surface area contributed by atoms with Crippen LogP contribution >= 0.6 is 22.6 Å². The molecule has 0 atom stereocenters. The standard InChI is InChI=1S/C16H14IN2/c1-11-13(8-5-9-15(11)17)16-14-7-4-3-6-12(14)10-18-19(16)2/h3-10H,1-2H3/q+1. The largest absolute Gasteiger partial charge is 0.246 e. The van der Waals surface area contributed by atoms with Gasteiger partial charge in [-0.3, -0.25) is 0 Å². The van der Waals surface area contributed by atoms with Crippen molar-refractivity contribution in [2.75, 3.05) is 0 Å². The van der Waals surface area contributed by atoms with Crippen LogP contribution in [0.3, 0.4) is 0 Å². The monoisotopic (exact) mass is 361 g/mol. The number of rotatable bonds is 1. The molecule has 0 amide bonds. The van der Waals surface area contributed by atoms with Gasteiger partial charge in [0.2, 0.25) is 5.69 Å². The number of aromatic nitrogens is 2. The van der Waals surface area contributed by atoms with Crippen molar-refractivity contribution in [2.45, 2.75) is 6.92 Å². The number of fused-ring (bicyclic) bond motifs is 1. The van der Waals surface area contributed by atoms with Crippen molar-refractivity contribution in [1.82, 2.24) is 5.10 Å². The summed E-state index contributed by atoms with van der Waals surface area (Å²) < 4.78 is 3.24. The lowest BCUT2D eigenvalue weighted by Gasteiger charge is -2.07. The van der Waals surface area contributed by atoms with Crippen LogP contribution in [0.2, 0.25) is 0 Å². The second-order valence-electron chi connectivity index (χ2n) is 4.62. The lowest BCUT2D eigenvalue weighted by Crippen LogP contribution is -2.35. The van der Waals surface area contributed by atoms with E-state index in [9.17, 15) is 0 Å². The lowest BCUT2D eigenvalue weighted by atomic mass is 10.0. The predicted octanol–water partition coefficient (Wildman–Crippen LogP) is 3.64. The minimum absolute atomic E-state index is 1.17. The molecule has 3 rings (SSSR count). The van der Waals surface area contributed by atoms with Crippen LogP contribution in [0, 0.1) is 10.5 Å². The number of nitrogens with zero attached hydrogens (tertiary/aromatic N) is 2. The summed E-state index contributed by atoms with van der Waals surface area (Å²) in [6, 6.07) is 14.8. The first kappa shape index (κ1) is 12.5. The fourth-order valence-corrected chi connectivity index (χ4v) is 2.89. The van der Waals surface area contributed by atoms with Crippen LogP contribution in [-0.2, 0) is 7.05 Å². The van der Waals surface area contributed by atoms with Gasteiger partial charge < -0.3 is 0 Å². The Balaban J connectivity index is 2.42. The molecule has 0 aliphatic heterocycles. The highest BCUT2D eigenvalue weighted by molar-refractivity contribution is 14.1. The van der Waals surface area contributed by atoms with E-state index in [0.29, 0.717) is 0 Å². The van der Waals surface area contributed by atoms with Crippen LogP contribution in [0.15, 0.2) is 48.7 Å². The average Bonchev–Trinajstić information content (AvgIpc) is 2.43. The molecule has 2 nitrogen and oxygen atoms in total. The molecule has 0 unspecified atom stereocenters. The van der Waals surface area contributed by atoms with Gasteiger partial charge in [0.1, 0.15) is 6.20 Å². The SMILES string of the molecule is Cc1c(I)cccc1-c1c2ccccc2cn[n+]1C. The van der Waals surface area contributed by atoms with E-state index >= 15 is 0 Å². The maximum atomic E-state index is 4.47. The average molecular weight is 361 g/mol. The van der Waals surface area contributed by atoms with Crippen molar-refractivity contribution >= 4 is 33.4 Å². The van der Waals surface area contributed by atoms with Crippen LogP contribution in [0.1, 0.15) is 5.56 Å². The minimum atomic E-state index is 1.17. The smallest absolute Gasteiger partial charge is 0.0858 e. The molecule has 0 bridgehead atoms. The van der Waals surface area contributed by atoms with Gasteiger partial charge in [0.05, 0.1) is 10.9 Å². The van der Waals surface area contributed by atoms with E-state index in [2.05, 4.69) is 77.1 Å². The Morgan fingerprint density at radius 1 is 1.05 bits per heavy atom. The molecular weight excluding hydrogens is 347 g/mol. The van der Waals surface area contributed by atoms with Crippen molar-refractivity contribution in [3.8, 4) is 11.3 Å². The van der Waals surface area contributed by atoms with Gasteiger partial charge in [-0.05, 0) is 58.4 Å². The third-order valence-corrected chi connectivity index (χ3v) is 4.60. The van der Waals surface area contributed by atoms with Gasteiger partial charge in [0.15, 0.2) is 7.05 Å². The van der Waals surface area contributed by atoms with Crippen LogP contribution in [0.25, 0.3) is 22.0 Å². The highest BCUT2D eigenvalue weighted by atomic mass is 127. The third-order valence-electron chi connectivity index (χ3n) is 3.43. The summed E-state index contributed by atoms with van der Waals surface area (Å²) >= 11 is 2.38. The van der Waals surface area contributed by atoms with Crippen LogP contribution in [-0.4, -0.2) is 5.10 Å². The van der Waals surface area contributed by atoms with E-state index < -0.39 is 0 Å². The number of hydrogen-bond acceptors (Lipinski definition) is 1. The zero-order chi connectivity index (χ0) is 13.4. The summed E-state index contributed by atoms with van der Waals surface area (Å²) in [4.78, 5) is 0. The highest BCUT2D eigenvalue weighted by Crippen LogP contribution is 2.29. The molecule has 0 saturated carbocycles. The topological polar surface area (TPSA) is 16.8 Å². The Morgan fingerprint density at radius 3 is 2.68 bits per heavy atom. The fourth-order valence-electron chi connectivity index (χ4n) is 2.39. The molecule has 2 aromatic carbocycles. The second kappa shape index (κ2) is 4.89. The number of aryl methyl sites for hydroxylation is 1. The summed E-state index contributed by atoms with van der Waals surface area (Å²) in [5, 5.41) is 6.88. The zero-order valence-electron chi connectivity index (χ0n) is 10.9. The summed E-state index contributed by atoms with van der Waals surface area (Å²) in [6.45, 7) is 2.17. The molecule has 1 heterocycles. The summed E-state index contributed by atoms with van der Waals surface area (Å²) in [5.74, 6) is 0. The number of hydrogen-bond donors (Lipinski definition) is 0. The van der Waals surface area contributed by atoms with Gasteiger partial charge in [-0.15, -0.1) is 0 Å². The summed E-state index contributed by atoms with van der Waals surface area (Å²) in [7, 11) is 2.00. The van der Waals surface area contributed by atoms with Crippen molar-refractivity contribution in [3.63, 3.8) is 0 Å². The van der Waals surface area contributed by atoms with Crippen LogP contribution < -0.4 is 4.68 Å². The van der Waals surface area contributed by atoms with Crippen molar-refractivity contribution in [1.29, 1.82) is 0 Å². The maximum Gasteiger partial charge on any atom is 0.246 e. The quantitative estimate of drug-likeness (QED) is 0.478. The van der Waals surface area contributed by atoms with E-state index in [0.717, 1.165) is 0 Å². The van der Waals surface area contributed by atoms with Gasteiger partial charge in [-0.2, -0.15) is 0 Å². The molecule has 3 heteroatoms. The van der Waals surface area contributed by atoms with Crippen molar-refractivity contribution in [3.05, 3.63) is 57.8 Å². The second-order valence-corrected chi connectivity index (χ2v) is 5.78. The Kier molecular flexibility index (Phi) is 3.22. The highest BCUT2D eigenvalue weighted by Gasteiger charge is 2.18. The van der Waals surface area contributed by atoms with E-state index in [4.69, 9.17) is 0 Å². The number of benzene rings is 2. The summed E-state index contributed by atoms with van der Waals surface area (Å²) in [5.41, 5.74) is 3.73. The molecule has 0 aliphatic carbocycles. The van der Waals surface area contributed by atoms with Gasteiger partial charge in [-0.25, -0.2) is 0 Å². The molecule has 19 heavy (non-hydrogen) atoms. The molecule has 1 aromatic heterocycles. The molecule has 0 spiro atoms. The molecular formula is C16H14IN2+. The van der Waals surface area contributed by atoms with E-state index in [1.807, 2.05) is 17.9 Å². The van der Waals surface area contributed by atoms with Crippen LogP contribution in [0.4, 0.5) is 0 Å². The lowest BCUT2D eigenvalue weighted by molar-refractivity contribution is -0.719. The molecule has 94 valence electrons. The molecule has 0 saturated heterocycles. The predicted molar refractivity (Wildman–Crippen MR) is 85.8 cm³/mol. The molecule has 0 aliphatic rings. The van der Waals surface area contributed by atoms with Gasteiger partial charge in [0.25, 0.3) is 0 Å². The van der Waals surface area contributed by atoms with Gasteiger partial charge in [0, 0.05) is 8.96 Å². The first-order valence-corrected chi connectivity index (χ1v) is 7.26. The Hall–Kier alpha value is -1.49. The van der Waals surface area contributed by atoms with E-state index in [1.165, 1.54) is 31.2 Å². The molecule has 0 fully saturated rings. The number of halogens is 1. The summed E-state index contributed by atoms with van der Waals surface area (Å²) in [6.07, 6.45) is 1.92.